The molecule has 2 amide bonds. The zero-order chi connectivity index (χ0) is 18.5. The molecule has 1 saturated heterocycles. The molecule has 0 aromatic heterocycles. The van der Waals surface area contributed by atoms with Crippen molar-refractivity contribution >= 4 is 29.3 Å². The Morgan fingerprint density at radius 1 is 1.15 bits per heavy atom. The largest absolute Gasteiger partial charge is 0.339 e. The van der Waals surface area contributed by atoms with E-state index in [0.29, 0.717) is 26.1 Å². The topological polar surface area (TPSA) is 69.9 Å². The summed E-state index contributed by atoms with van der Waals surface area (Å²) in [5.74, 6) is 1.09. The van der Waals surface area contributed by atoms with Gasteiger partial charge in [-0.25, -0.2) is 0 Å². The van der Waals surface area contributed by atoms with Crippen LogP contribution in [0.25, 0.3) is 0 Å². The summed E-state index contributed by atoms with van der Waals surface area (Å²) in [6.45, 7) is 3.92. The smallest absolute Gasteiger partial charge is 0.241 e. The first-order valence-electron chi connectivity index (χ1n) is 9.24. The Bertz CT molecular complexity index is 646. The van der Waals surface area contributed by atoms with Crippen LogP contribution in [0, 0.1) is 0 Å². The van der Waals surface area contributed by atoms with Crippen LogP contribution in [0.2, 0.25) is 0 Å². The lowest BCUT2D eigenvalue weighted by atomic mass is 10.2. The van der Waals surface area contributed by atoms with Gasteiger partial charge >= 0.3 is 0 Å². The summed E-state index contributed by atoms with van der Waals surface area (Å²) in [6.07, 6.45) is 3.66. The normalized spacial score (nSPS) is 18.7. The minimum absolute atomic E-state index is 0.0403. The van der Waals surface area contributed by atoms with Crippen molar-refractivity contribution in [2.45, 2.75) is 18.9 Å². The van der Waals surface area contributed by atoms with Crippen molar-refractivity contribution < 1.29 is 9.59 Å². The fourth-order valence-electron chi connectivity index (χ4n) is 3.60. The Kier molecular flexibility index (Phi) is 6.56. The van der Waals surface area contributed by atoms with Crippen molar-refractivity contribution in [1.29, 1.82) is 0 Å². The number of carbonyl (C=O) groups excluding carboxylic acids is 2. The van der Waals surface area contributed by atoms with Gasteiger partial charge in [0.2, 0.25) is 11.8 Å². The van der Waals surface area contributed by atoms with Crippen LogP contribution < -0.4 is 10.6 Å². The van der Waals surface area contributed by atoms with Crippen LogP contribution in [0.3, 0.4) is 0 Å². The average Bonchev–Trinajstić information content (AvgIpc) is 3.10. The highest BCUT2D eigenvalue weighted by Crippen LogP contribution is 2.27. The molecule has 2 aliphatic heterocycles. The maximum atomic E-state index is 12.7. The van der Waals surface area contributed by atoms with E-state index in [-0.39, 0.29) is 11.8 Å². The van der Waals surface area contributed by atoms with E-state index < -0.39 is 6.04 Å². The third-order valence-electron chi connectivity index (χ3n) is 5.18. The number of hydrogen-bond donors (Lipinski definition) is 1. The third-order valence-corrected chi connectivity index (χ3v) is 5.83. The fourth-order valence-corrected chi connectivity index (χ4v) is 4.09. The molecule has 2 N–H and O–H groups in total. The second kappa shape index (κ2) is 8.88. The number of thioether (sulfide) groups is 1. The summed E-state index contributed by atoms with van der Waals surface area (Å²) in [4.78, 5) is 31.0. The number of fused-ring (bicyclic) bond motifs is 1. The third kappa shape index (κ3) is 4.39. The Balaban J connectivity index is 1.47. The summed E-state index contributed by atoms with van der Waals surface area (Å²) in [6, 6.07) is 7.71. The minimum atomic E-state index is -0.406. The van der Waals surface area contributed by atoms with Gasteiger partial charge in [-0.05, 0) is 36.5 Å². The molecule has 1 aromatic rings. The van der Waals surface area contributed by atoms with Crippen molar-refractivity contribution in [3.63, 3.8) is 0 Å². The maximum absolute atomic E-state index is 12.7. The quantitative estimate of drug-likeness (QED) is 0.795. The van der Waals surface area contributed by atoms with Gasteiger partial charge in [0.05, 0.1) is 12.6 Å². The van der Waals surface area contributed by atoms with Crippen molar-refractivity contribution in [2.75, 3.05) is 56.2 Å². The van der Waals surface area contributed by atoms with Crippen LogP contribution in [0.1, 0.15) is 12.0 Å². The zero-order valence-electron chi connectivity index (χ0n) is 15.4. The molecule has 2 aliphatic rings. The molecule has 1 atom stereocenters. The first kappa shape index (κ1) is 19.2. The second-order valence-corrected chi connectivity index (χ2v) is 7.90. The number of carbonyl (C=O) groups is 2. The van der Waals surface area contributed by atoms with Crippen LogP contribution in [0.4, 0.5) is 5.69 Å². The predicted molar refractivity (Wildman–Crippen MR) is 106 cm³/mol. The first-order valence-corrected chi connectivity index (χ1v) is 10.6. The number of anilines is 1. The van der Waals surface area contributed by atoms with Gasteiger partial charge in [-0.1, -0.05) is 18.2 Å². The molecule has 6 nitrogen and oxygen atoms in total. The van der Waals surface area contributed by atoms with Gasteiger partial charge in [-0.15, -0.1) is 0 Å². The number of hydrogen-bond acceptors (Lipinski definition) is 5. The molecular weight excluding hydrogens is 348 g/mol. The molecule has 142 valence electrons. The van der Waals surface area contributed by atoms with Gasteiger partial charge in [0, 0.05) is 38.4 Å². The minimum Gasteiger partial charge on any atom is -0.339 e. The molecule has 0 bridgehead atoms. The highest BCUT2D eigenvalue weighted by molar-refractivity contribution is 7.98. The zero-order valence-corrected chi connectivity index (χ0v) is 16.2. The Hall–Kier alpha value is -1.57. The van der Waals surface area contributed by atoms with E-state index >= 15 is 0 Å². The fraction of sp³-hybridized carbons (Fsp3) is 0.579. The highest BCUT2D eigenvalue weighted by Gasteiger charge is 2.29. The van der Waals surface area contributed by atoms with E-state index in [1.54, 1.807) is 11.8 Å². The molecule has 0 unspecified atom stereocenters. The molecule has 1 fully saturated rings. The van der Waals surface area contributed by atoms with Crippen molar-refractivity contribution in [1.82, 2.24) is 9.80 Å². The molecule has 0 radical (unpaired) electrons. The van der Waals surface area contributed by atoms with Gasteiger partial charge in [0.15, 0.2) is 0 Å². The number of benzene rings is 1. The number of para-hydroxylation sites is 1. The molecule has 0 spiro atoms. The molecule has 7 heteroatoms. The number of piperazine rings is 1. The van der Waals surface area contributed by atoms with E-state index in [4.69, 9.17) is 5.73 Å². The second-order valence-electron chi connectivity index (χ2n) is 6.91. The number of nitrogens with two attached hydrogens (primary N) is 1. The Morgan fingerprint density at radius 3 is 2.62 bits per heavy atom. The van der Waals surface area contributed by atoms with Crippen LogP contribution in [0.15, 0.2) is 24.3 Å². The molecule has 0 aliphatic carbocycles. The predicted octanol–water partition coefficient (Wildman–Crippen LogP) is 0.800. The lowest BCUT2D eigenvalue weighted by molar-refractivity contribution is -0.134. The summed E-state index contributed by atoms with van der Waals surface area (Å²) >= 11 is 1.71. The Morgan fingerprint density at radius 2 is 1.88 bits per heavy atom. The van der Waals surface area contributed by atoms with Crippen LogP contribution in [0.5, 0.6) is 0 Å². The summed E-state index contributed by atoms with van der Waals surface area (Å²) in [5.41, 5.74) is 8.29. The van der Waals surface area contributed by atoms with E-state index in [9.17, 15) is 9.59 Å². The van der Waals surface area contributed by atoms with Crippen molar-refractivity contribution in [3.05, 3.63) is 29.8 Å². The van der Waals surface area contributed by atoms with Gasteiger partial charge in [-0.3, -0.25) is 14.5 Å². The average molecular weight is 377 g/mol. The SMILES string of the molecule is CSCC[C@H](N)C(=O)N1CCN(CC(=O)N2CCc3ccccc32)CC1. The van der Waals surface area contributed by atoms with Gasteiger partial charge in [0.25, 0.3) is 0 Å². The van der Waals surface area contributed by atoms with E-state index in [0.717, 1.165) is 37.5 Å². The lowest BCUT2D eigenvalue weighted by Crippen LogP contribution is -2.54. The summed E-state index contributed by atoms with van der Waals surface area (Å²) in [7, 11) is 0. The molecule has 1 aromatic carbocycles. The van der Waals surface area contributed by atoms with Crippen LogP contribution in [-0.4, -0.2) is 78.9 Å². The maximum Gasteiger partial charge on any atom is 0.241 e. The van der Waals surface area contributed by atoms with Gasteiger partial charge < -0.3 is 15.5 Å². The van der Waals surface area contributed by atoms with Crippen LogP contribution in [-0.2, 0) is 16.0 Å². The monoisotopic (exact) mass is 376 g/mol. The number of rotatable bonds is 6. The summed E-state index contributed by atoms with van der Waals surface area (Å²) in [5, 5.41) is 0. The highest BCUT2D eigenvalue weighted by atomic mass is 32.2. The van der Waals surface area contributed by atoms with Crippen LogP contribution >= 0.6 is 11.8 Å². The van der Waals surface area contributed by atoms with Gasteiger partial charge in [-0.2, -0.15) is 11.8 Å². The first-order chi connectivity index (χ1) is 12.6. The molecule has 26 heavy (non-hydrogen) atoms. The molecule has 0 saturated carbocycles. The lowest BCUT2D eigenvalue weighted by Gasteiger charge is -2.36. The number of nitrogens with zero attached hydrogens (tertiary/aromatic N) is 3. The Labute approximate surface area is 159 Å². The van der Waals surface area contributed by atoms with E-state index in [1.165, 1.54) is 5.56 Å². The van der Waals surface area contributed by atoms with E-state index in [1.807, 2.05) is 34.3 Å². The van der Waals surface area contributed by atoms with Crippen molar-refractivity contribution in [3.8, 4) is 0 Å². The molecule has 2 heterocycles. The van der Waals surface area contributed by atoms with Crippen molar-refractivity contribution in [2.24, 2.45) is 5.73 Å². The summed E-state index contributed by atoms with van der Waals surface area (Å²) < 4.78 is 0. The standard InChI is InChI=1S/C19H28N4O2S/c1-26-13-7-16(20)19(25)22-11-9-21(10-12-22)14-18(24)23-8-6-15-4-2-3-5-17(15)23/h2-5,16H,6-14,20H2,1H3/t16-/m0/s1. The van der Waals surface area contributed by atoms with Gasteiger partial charge in [0.1, 0.15) is 0 Å². The van der Waals surface area contributed by atoms with E-state index in [2.05, 4.69) is 11.0 Å². The number of amides is 2. The molecular formula is C19H28N4O2S. The molecule has 3 rings (SSSR count).